The number of aromatic carboxylic acids is 1. The second kappa shape index (κ2) is 5.93. The average Bonchev–Trinajstić information content (AvgIpc) is 2.89. The number of carboxylic acid groups (broad SMARTS) is 1. The number of carbonyl (C=O) groups is 1. The number of hydrogen-bond acceptors (Lipinski definition) is 4. The van der Waals surface area contributed by atoms with Crippen LogP contribution in [0.25, 0.3) is 0 Å². The maximum absolute atomic E-state index is 11.1. The predicted molar refractivity (Wildman–Crippen MR) is 76.8 cm³/mol. The molecule has 19 heavy (non-hydrogen) atoms. The molecule has 2 rings (SSSR count). The summed E-state index contributed by atoms with van der Waals surface area (Å²) in [5.41, 5.74) is 7.03. The molecular weight excluding hydrogens is 242 g/mol. The second-order valence-electron chi connectivity index (χ2n) is 5.05. The first-order valence-electron chi connectivity index (χ1n) is 6.64. The second-order valence-corrected chi connectivity index (χ2v) is 5.05. The third-order valence-electron chi connectivity index (χ3n) is 3.66. The largest absolute Gasteiger partial charge is 0.478 e. The minimum Gasteiger partial charge on any atom is -0.478 e. The number of rotatable bonds is 5. The van der Waals surface area contributed by atoms with Crippen molar-refractivity contribution in [2.75, 3.05) is 43.9 Å². The molecule has 1 heterocycles. The predicted octanol–water partition coefficient (Wildman–Crippen LogP) is 1.50. The van der Waals surface area contributed by atoms with Gasteiger partial charge in [-0.1, -0.05) is 0 Å². The number of nitrogens with two attached hydrogens (primary N) is 1. The molecule has 0 amide bonds. The van der Waals surface area contributed by atoms with E-state index < -0.39 is 5.97 Å². The minimum atomic E-state index is -0.979. The van der Waals surface area contributed by atoms with Gasteiger partial charge in [0.25, 0.3) is 0 Å². The molecule has 1 aliphatic heterocycles. The summed E-state index contributed by atoms with van der Waals surface area (Å²) >= 11 is 0. The van der Waals surface area contributed by atoms with Crippen LogP contribution < -0.4 is 10.6 Å². The van der Waals surface area contributed by atoms with Crippen LogP contribution in [0.4, 0.5) is 11.4 Å². The molecule has 0 aromatic heterocycles. The van der Waals surface area contributed by atoms with E-state index in [-0.39, 0.29) is 5.56 Å². The minimum absolute atomic E-state index is 0.172. The van der Waals surface area contributed by atoms with Gasteiger partial charge in [0.15, 0.2) is 0 Å². The van der Waals surface area contributed by atoms with Crippen LogP contribution in [-0.4, -0.2) is 49.2 Å². The molecule has 1 aliphatic rings. The molecule has 0 spiro atoms. The maximum Gasteiger partial charge on any atom is 0.337 e. The average molecular weight is 263 g/mol. The van der Waals surface area contributed by atoms with Crippen molar-refractivity contribution in [1.82, 2.24) is 4.90 Å². The quantitative estimate of drug-likeness (QED) is 0.788. The van der Waals surface area contributed by atoms with Crippen molar-refractivity contribution in [3.8, 4) is 0 Å². The molecule has 0 unspecified atom stereocenters. The van der Waals surface area contributed by atoms with Crippen LogP contribution >= 0.6 is 0 Å². The zero-order chi connectivity index (χ0) is 13.8. The Balaban J connectivity index is 1.99. The standard InChI is InChI=1S/C14H21N3O2/c1-16(8-9-17-6-2-3-7-17)11-4-5-13(15)12(10-11)14(18)19/h4-5,10H,2-3,6-9,15H2,1H3,(H,18,19). The van der Waals surface area contributed by atoms with Gasteiger partial charge in [0.05, 0.1) is 5.56 Å². The fourth-order valence-electron chi connectivity index (χ4n) is 2.39. The summed E-state index contributed by atoms with van der Waals surface area (Å²) in [5, 5.41) is 9.07. The summed E-state index contributed by atoms with van der Waals surface area (Å²) in [6.45, 7) is 4.26. The van der Waals surface area contributed by atoms with Gasteiger partial charge in [0, 0.05) is 31.5 Å². The number of nitrogen functional groups attached to an aromatic ring is 1. The first-order chi connectivity index (χ1) is 9.08. The Kier molecular flexibility index (Phi) is 4.27. The Morgan fingerprint density at radius 1 is 1.42 bits per heavy atom. The number of likely N-dealkylation sites (tertiary alicyclic amines) is 1. The van der Waals surface area contributed by atoms with E-state index in [9.17, 15) is 4.79 Å². The molecule has 0 aliphatic carbocycles. The third-order valence-corrected chi connectivity index (χ3v) is 3.66. The van der Waals surface area contributed by atoms with Crippen molar-refractivity contribution in [2.24, 2.45) is 0 Å². The van der Waals surface area contributed by atoms with E-state index in [1.54, 1.807) is 12.1 Å². The topological polar surface area (TPSA) is 69.8 Å². The first-order valence-corrected chi connectivity index (χ1v) is 6.64. The van der Waals surface area contributed by atoms with Crippen LogP contribution in [0.1, 0.15) is 23.2 Å². The summed E-state index contributed by atoms with van der Waals surface area (Å²) in [7, 11) is 1.98. The van der Waals surface area contributed by atoms with Crippen LogP contribution in [-0.2, 0) is 0 Å². The number of benzene rings is 1. The Labute approximate surface area is 113 Å². The van der Waals surface area contributed by atoms with E-state index >= 15 is 0 Å². The van der Waals surface area contributed by atoms with Crippen molar-refractivity contribution < 1.29 is 9.90 Å². The molecule has 1 aromatic carbocycles. The van der Waals surface area contributed by atoms with Gasteiger partial charge in [-0.05, 0) is 44.1 Å². The van der Waals surface area contributed by atoms with Crippen molar-refractivity contribution in [3.05, 3.63) is 23.8 Å². The summed E-state index contributed by atoms with van der Waals surface area (Å²) in [5.74, 6) is -0.979. The lowest BCUT2D eigenvalue weighted by atomic mass is 10.1. The highest BCUT2D eigenvalue weighted by Gasteiger charge is 2.13. The van der Waals surface area contributed by atoms with Crippen LogP contribution in [0, 0.1) is 0 Å². The van der Waals surface area contributed by atoms with Crippen molar-refractivity contribution in [1.29, 1.82) is 0 Å². The zero-order valence-corrected chi connectivity index (χ0v) is 11.3. The number of carboxylic acids is 1. The number of nitrogens with zero attached hydrogens (tertiary/aromatic N) is 2. The lowest BCUT2D eigenvalue weighted by Crippen LogP contribution is -2.31. The summed E-state index contributed by atoms with van der Waals surface area (Å²) < 4.78 is 0. The Bertz CT molecular complexity index is 456. The molecule has 0 atom stereocenters. The highest BCUT2D eigenvalue weighted by atomic mass is 16.4. The summed E-state index contributed by atoms with van der Waals surface area (Å²) in [6, 6.07) is 5.17. The van der Waals surface area contributed by atoms with Crippen LogP contribution in [0.3, 0.4) is 0 Å². The SMILES string of the molecule is CN(CCN1CCCC1)c1ccc(N)c(C(=O)O)c1. The molecule has 5 nitrogen and oxygen atoms in total. The number of hydrogen-bond donors (Lipinski definition) is 2. The van der Waals surface area contributed by atoms with Crippen LogP contribution in [0.15, 0.2) is 18.2 Å². The fraction of sp³-hybridized carbons (Fsp3) is 0.500. The Hall–Kier alpha value is -1.75. The molecule has 1 saturated heterocycles. The highest BCUT2D eigenvalue weighted by Crippen LogP contribution is 2.20. The smallest absolute Gasteiger partial charge is 0.337 e. The van der Waals surface area contributed by atoms with Gasteiger partial charge in [-0.15, -0.1) is 0 Å². The van der Waals surface area contributed by atoms with Gasteiger partial charge < -0.3 is 20.6 Å². The van der Waals surface area contributed by atoms with E-state index in [4.69, 9.17) is 10.8 Å². The van der Waals surface area contributed by atoms with Gasteiger partial charge >= 0.3 is 5.97 Å². The van der Waals surface area contributed by atoms with Crippen molar-refractivity contribution in [2.45, 2.75) is 12.8 Å². The molecule has 1 fully saturated rings. The maximum atomic E-state index is 11.1. The Morgan fingerprint density at radius 2 is 2.11 bits per heavy atom. The molecule has 3 N–H and O–H groups in total. The lowest BCUT2D eigenvalue weighted by molar-refractivity contribution is 0.0698. The molecular formula is C14H21N3O2. The highest BCUT2D eigenvalue weighted by molar-refractivity contribution is 5.94. The van der Waals surface area contributed by atoms with E-state index in [0.29, 0.717) is 5.69 Å². The molecule has 0 saturated carbocycles. The number of anilines is 2. The van der Waals surface area contributed by atoms with Gasteiger partial charge in [0.1, 0.15) is 0 Å². The molecule has 0 bridgehead atoms. The normalized spacial score (nSPS) is 15.6. The van der Waals surface area contributed by atoms with Gasteiger partial charge in [-0.3, -0.25) is 0 Å². The zero-order valence-electron chi connectivity index (χ0n) is 11.3. The summed E-state index contributed by atoms with van der Waals surface area (Å²) in [4.78, 5) is 15.6. The van der Waals surface area contributed by atoms with E-state index in [1.165, 1.54) is 25.9 Å². The number of likely N-dealkylation sites (N-methyl/N-ethyl adjacent to an activating group) is 1. The van der Waals surface area contributed by atoms with E-state index in [0.717, 1.165) is 18.8 Å². The Morgan fingerprint density at radius 3 is 2.74 bits per heavy atom. The van der Waals surface area contributed by atoms with Crippen LogP contribution in [0.5, 0.6) is 0 Å². The first kappa shape index (κ1) is 13.7. The molecule has 5 heteroatoms. The van der Waals surface area contributed by atoms with Gasteiger partial charge in [-0.2, -0.15) is 0 Å². The third kappa shape index (κ3) is 3.38. The van der Waals surface area contributed by atoms with Crippen molar-refractivity contribution >= 4 is 17.3 Å². The lowest BCUT2D eigenvalue weighted by Gasteiger charge is -2.23. The monoisotopic (exact) mass is 263 g/mol. The molecule has 0 radical (unpaired) electrons. The molecule has 104 valence electrons. The fourth-order valence-corrected chi connectivity index (χ4v) is 2.39. The summed E-state index contributed by atoms with van der Waals surface area (Å²) in [6.07, 6.45) is 2.57. The van der Waals surface area contributed by atoms with Gasteiger partial charge in [-0.25, -0.2) is 4.79 Å². The van der Waals surface area contributed by atoms with Gasteiger partial charge in [0.2, 0.25) is 0 Å². The van der Waals surface area contributed by atoms with Crippen molar-refractivity contribution in [3.63, 3.8) is 0 Å². The van der Waals surface area contributed by atoms with E-state index in [1.807, 2.05) is 13.1 Å². The van der Waals surface area contributed by atoms with Crippen LogP contribution in [0.2, 0.25) is 0 Å². The molecule has 1 aromatic rings. The van der Waals surface area contributed by atoms with E-state index in [2.05, 4.69) is 9.80 Å².